The number of thiazole rings is 1. The first-order valence-electron chi connectivity index (χ1n) is 7.54. The Morgan fingerprint density at radius 2 is 2.29 bits per heavy atom. The van der Waals surface area contributed by atoms with Gasteiger partial charge in [-0.25, -0.2) is 9.78 Å². The van der Waals surface area contributed by atoms with Crippen molar-refractivity contribution in [3.63, 3.8) is 0 Å². The average molecular weight is 343 g/mol. The number of furan rings is 1. The van der Waals surface area contributed by atoms with Crippen LogP contribution < -0.4 is 4.74 Å². The van der Waals surface area contributed by atoms with E-state index in [1.165, 1.54) is 11.3 Å². The number of aryl methyl sites for hydroxylation is 1. The third kappa shape index (κ3) is 2.92. The normalized spacial score (nSPS) is 10.8. The Hall–Kier alpha value is -2.60. The minimum atomic E-state index is -0.427. The summed E-state index contributed by atoms with van der Waals surface area (Å²) in [5.74, 6) is 0.950. The summed E-state index contributed by atoms with van der Waals surface area (Å²) in [5, 5.41) is 3.22. The number of benzene rings is 1. The number of nitrogens with zero attached hydrogens (tertiary/aromatic N) is 1. The second-order valence-corrected chi connectivity index (χ2v) is 5.90. The first-order chi connectivity index (χ1) is 11.7. The number of ether oxygens (including phenoxy) is 2. The van der Waals surface area contributed by atoms with Crippen molar-refractivity contribution in [1.82, 2.24) is 4.98 Å². The van der Waals surface area contributed by atoms with Crippen LogP contribution in [0.5, 0.6) is 5.75 Å². The van der Waals surface area contributed by atoms with E-state index in [-0.39, 0.29) is 0 Å². The number of fused-ring (bicyclic) bond motifs is 1. The van der Waals surface area contributed by atoms with Crippen LogP contribution >= 0.6 is 11.3 Å². The van der Waals surface area contributed by atoms with E-state index in [9.17, 15) is 4.79 Å². The van der Waals surface area contributed by atoms with E-state index in [2.05, 4.69) is 11.6 Å². The van der Waals surface area contributed by atoms with Gasteiger partial charge in [0.2, 0.25) is 0 Å². The molecule has 3 rings (SSSR count). The molecule has 0 aliphatic heterocycles. The fourth-order valence-corrected chi connectivity index (χ4v) is 3.24. The zero-order valence-corrected chi connectivity index (χ0v) is 14.3. The molecule has 0 spiro atoms. The molecule has 24 heavy (non-hydrogen) atoms. The topological polar surface area (TPSA) is 61.6 Å². The number of hydrogen-bond donors (Lipinski definition) is 0. The van der Waals surface area contributed by atoms with E-state index >= 15 is 0 Å². The molecule has 0 fully saturated rings. The Balaban J connectivity index is 2.03. The third-order valence-corrected chi connectivity index (χ3v) is 4.30. The van der Waals surface area contributed by atoms with Gasteiger partial charge in [0, 0.05) is 10.9 Å². The van der Waals surface area contributed by atoms with Crippen LogP contribution in [0.25, 0.3) is 21.7 Å². The summed E-state index contributed by atoms with van der Waals surface area (Å²) >= 11 is 1.35. The van der Waals surface area contributed by atoms with Gasteiger partial charge in [-0.15, -0.1) is 11.3 Å². The Kier molecular flexibility index (Phi) is 4.66. The lowest BCUT2D eigenvalue weighted by Gasteiger charge is -2.04. The maximum absolute atomic E-state index is 11.8. The Morgan fingerprint density at radius 3 is 3.04 bits per heavy atom. The van der Waals surface area contributed by atoms with E-state index < -0.39 is 5.97 Å². The maximum atomic E-state index is 11.8. The fourth-order valence-electron chi connectivity index (χ4n) is 2.42. The minimum Gasteiger partial charge on any atom is -0.489 e. The van der Waals surface area contributed by atoms with Crippen molar-refractivity contribution in [2.45, 2.75) is 13.8 Å². The van der Waals surface area contributed by atoms with Gasteiger partial charge in [-0.2, -0.15) is 0 Å². The molecule has 0 aliphatic carbocycles. The Labute approximate surface area is 143 Å². The Bertz CT molecular complexity index is 894. The fraction of sp³-hybridized carbons (Fsp3) is 0.222. The van der Waals surface area contributed by atoms with Gasteiger partial charge in [0.05, 0.1) is 12.0 Å². The summed E-state index contributed by atoms with van der Waals surface area (Å²) < 4.78 is 16.6. The molecule has 0 N–H and O–H groups in total. The van der Waals surface area contributed by atoms with Crippen LogP contribution in [0, 0.1) is 6.92 Å². The summed E-state index contributed by atoms with van der Waals surface area (Å²) in [6.45, 7) is 8.12. The number of hydrogen-bond acceptors (Lipinski definition) is 6. The number of aromatic nitrogens is 1. The standard InChI is InChI=1S/C18H17NO4S/c1-4-9-22-13-7-6-8-14-15(13)11(3)16(23-14)17-19-12(10-24-17)18(20)21-5-2/h4,6-8,10H,1,5,9H2,2-3H3. The van der Waals surface area contributed by atoms with Crippen LogP contribution in [0.2, 0.25) is 0 Å². The molecule has 5 nitrogen and oxygen atoms in total. The van der Waals surface area contributed by atoms with Gasteiger partial charge in [0.15, 0.2) is 16.5 Å². The van der Waals surface area contributed by atoms with E-state index in [4.69, 9.17) is 13.9 Å². The number of carbonyl (C=O) groups excluding carboxylic acids is 1. The second kappa shape index (κ2) is 6.88. The van der Waals surface area contributed by atoms with Crippen molar-refractivity contribution < 1.29 is 18.7 Å². The first kappa shape index (κ1) is 16.3. The molecular formula is C18H17NO4S. The van der Waals surface area contributed by atoms with E-state index in [1.807, 2.05) is 25.1 Å². The van der Waals surface area contributed by atoms with Gasteiger partial charge in [-0.1, -0.05) is 18.7 Å². The minimum absolute atomic E-state index is 0.292. The largest absolute Gasteiger partial charge is 0.489 e. The summed E-state index contributed by atoms with van der Waals surface area (Å²) in [6, 6.07) is 5.65. The molecule has 0 unspecified atom stereocenters. The van der Waals surface area contributed by atoms with E-state index in [0.717, 1.165) is 22.3 Å². The van der Waals surface area contributed by atoms with Gasteiger partial charge in [0.25, 0.3) is 0 Å². The third-order valence-electron chi connectivity index (χ3n) is 3.46. The molecule has 0 aliphatic rings. The molecule has 2 heterocycles. The molecule has 0 amide bonds. The van der Waals surface area contributed by atoms with E-state index in [1.54, 1.807) is 18.4 Å². The number of carbonyl (C=O) groups is 1. The van der Waals surface area contributed by atoms with Crippen LogP contribution in [-0.4, -0.2) is 24.2 Å². The summed E-state index contributed by atoms with van der Waals surface area (Å²) in [5.41, 5.74) is 1.94. The van der Waals surface area contributed by atoms with Gasteiger partial charge in [-0.05, 0) is 26.0 Å². The lowest BCUT2D eigenvalue weighted by molar-refractivity contribution is 0.0520. The molecule has 3 aromatic rings. The monoisotopic (exact) mass is 343 g/mol. The van der Waals surface area contributed by atoms with Crippen LogP contribution in [0.1, 0.15) is 23.0 Å². The summed E-state index contributed by atoms with van der Waals surface area (Å²) in [7, 11) is 0. The van der Waals surface area contributed by atoms with Crippen molar-refractivity contribution in [2.24, 2.45) is 0 Å². The number of rotatable bonds is 6. The molecule has 0 atom stereocenters. The highest BCUT2D eigenvalue weighted by atomic mass is 32.1. The molecule has 0 saturated carbocycles. The van der Waals surface area contributed by atoms with Crippen LogP contribution in [-0.2, 0) is 4.74 Å². The summed E-state index contributed by atoms with van der Waals surface area (Å²) in [6.07, 6.45) is 1.70. The molecule has 0 bridgehead atoms. The van der Waals surface area contributed by atoms with Crippen molar-refractivity contribution >= 4 is 28.3 Å². The van der Waals surface area contributed by atoms with Gasteiger partial charge >= 0.3 is 5.97 Å². The Morgan fingerprint density at radius 1 is 1.46 bits per heavy atom. The summed E-state index contributed by atoms with van der Waals surface area (Å²) in [4.78, 5) is 16.1. The highest BCUT2D eigenvalue weighted by Crippen LogP contribution is 2.39. The predicted octanol–water partition coefficient (Wildman–Crippen LogP) is 4.61. The van der Waals surface area contributed by atoms with Crippen molar-refractivity contribution in [1.29, 1.82) is 0 Å². The zero-order valence-electron chi connectivity index (χ0n) is 13.5. The molecule has 6 heteroatoms. The van der Waals surface area contributed by atoms with Gasteiger partial charge in [0.1, 0.15) is 17.9 Å². The van der Waals surface area contributed by atoms with Crippen LogP contribution in [0.15, 0.2) is 40.7 Å². The van der Waals surface area contributed by atoms with Crippen molar-refractivity contribution in [3.05, 3.63) is 47.5 Å². The maximum Gasteiger partial charge on any atom is 0.357 e. The molecule has 0 radical (unpaired) electrons. The first-order valence-corrected chi connectivity index (χ1v) is 8.42. The van der Waals surface area contributed by atoms with Crippen LogP contribution in [0.3, 0.4) is 0 Å². The highest BCUT2D eigenvalue weighted by Gasteiger charge is 2.20. The molecule has 0 saturated heterocycles. The van der Waals surface area contributed by atoms with Gasteiger partial charge in [-0.3, -0.25) is 0 Å². The average Bonchev–Trinajstić information content (AvgIpc) is 3.18. The molecule has 2 aromatic heterocycles. The van der Waals surface area contributed by atoms with Crippen LogP contribution in [0.4, 0.5) is 0 Å². The quantitative estimate of drug-likeness (QED) is 0.483. The lowest BCUT2D eigenvalue weighted by Crippen LogP contribution is -2.04. The smallest absolute Gasteiger partial charge is 0.357 e. The number of esters is 1. The van der Waals surface area contributed by atoms with E-state index in [0.29, 0.717) is 29.7 Å². The second-order valence-electron chi connectivity index (χ2n) is 5.04. The predicted molar refractivity (Wildman–Crippen MR) is 93.7 cm³/mol. The van der Waals surface area contributed by atoms with Gasteiger partial charge < -0.3 is 13.9 Å². The molecule has 1 aromatic carbocycles. The SMILES string of the molecule is C=CCOc1cccc2oc(-c3nc(C(=O)OCC)cs3)c(C)c12. The molecule has 124 valence electrons. The lowest BCUT2D eigenvalue weighted by atomic mass is 10.1. The molecular weight excluding hydrogens is 326 g/mol. The highest BCUT2D eigenvalue weighted by molar-refractivity contribution is 7.13. The van der Waals surface area contributed by atoms with Crippen molar-refractivity contribution in [2.75, 3.05) is 13.2 Å². The zero-order chi connectivity index (χ0) is 17.1. The van der Waals surface area contributed by atoms with Crippen molar-refractivity contribution in [3.8, 4) is 16.5 Å².